The zero-order chi connectivity index (χ0) is 21.9. The minimum atomic E-state index is -3.63. The second-order valence-corrected chi connectivity index (χ2v) is 9.84. The molecule has 1 heterocycles. The molecule has 0 spiro atoms. The predicted octanol–water partition coefficient (Wildman–Crippen LogP) is 3.67. The first-order valence-electron chi connectivity index (χ1n) is 10.4. The van der Waals surface area contributed by atoms with Crippen molar-refractivity contribution in [3.63, 3.8) is 0 Å². The first-order chi connectivity index (χ1) is 14.2. The molecular formula is C23H32ClN3O3S. The first-order valence-corrected chi connectivity index (χ1v) is 11.9. The smallest absolute Gasteiger partial charge is 0.258 e. The zero-order valence-corrected chi connectivity index (χ0v) is 20.1. The van der Waals surface area contributed by atoms with Crippen LogP contribution < -0.4 is 14.9 Å². The van der Waals surface area contributed by atoms with Crippen molar-refractivity contribution in [2.45, 2.75) is 44.6 Å². The van der Waals surface area contributed by atoms with E-state index in [4.69, 9.17) is 0 Å². The Labute approximate surface area is 191 Å². The Morgan fingerprint density at radius 2 is 1.74 bits per heavy atom. The number of rotatable bonds is 6. The van der Waals surface area contributed by atoms with Gasteiger partial charge in [0.1, 0.15) is 0 Å². The van der Waals surface area contributed by atoms with Gasteiger partial charge in [-0.25, -0.2) is 13.1 Å². The van der Waals surface area contributed by atoms with Crippen LogP contribution in [0, 0.1) is 19.8 Å². The van der Waals surface area contributed by atoms with E-state index in [2.05, 4.69) is 10.0 Å². The van der Waals surface area contributed by atoms with Gasteiger partial charge in [-0.05, 0) is 88.0 Å². The van der Waals surface area contributed by atoms with Gasteiger partial charge in [0.15, 0.2) is 0 Å². The second-order valence-electron chi connectivity index (χ2n) is 8.12. The number of nitrogens with zero attached hydrogens (tertiary/aromatic N) is 1. The molecule has 0 saturated carbocycles. The molecule has 1 fully saturated rings. The number of aryl methyl sites for hydroxylation is 2. The summed E-state index contributed by atoms with van der Waals surface area (Å²) in [5.74, 6) is 0.212. The van der Waals surface area contributed by atoms with Crippen molar-refractivity contribution in [3.8, 4) is 0 Å². The Kier molecular flexibility index (Phi) is 8.65. The van der Waals surface area contributed by atoms with E-state index in [-0.39, 0.29) is 29.3 Å². The van der Waals surface area contributed by atoms with Crippen LogP contribution in [0.4, 0.5) is 5.69 Å². The third kappa shape index (κ3) is 5.86. The molecule has 6 nitrogen and oxygen atoms in total. The van der Waals surface area contributed by atoms with Gasteiger partial charge < -0.3 is 10.2 Å². The quantitative estimate of drug-likeness (QED) is 0.682. The number of amides is 1. The molecule has 0 radical (unpaired) electrons. The summed E-state index contributed by atoms with van der Waals surface area (Å²) in [7, 11) is -1.92. The molecule has 1 saturated heterocycles. The fourth-order valence-electron chi connectivity index (χ4n) is 4.03. The Morgan fingerprint density at radius 3 is 2.35 bits per heavy atom. The Bertz CT molecular complexity index is 1020. The molecule has 1 atom stereocenters. The standard InChI is InChI=1S/C23H31N3O3S.ClH/c1-16-7-5-6-8-21(16)23(27)26(4)22-10-9-20(15-17(22)2)30(28,29)25-18(3)19-11-13-24-14-12-19;/h5-10,15,18-19,24-25H,11-14H2,1-4H3;1H/t18-;/m1./s1. The molecule has 0 aromatic heterocycles. The number of hydrogen-bond donors (Lipinski definition) is 2. The molecule has 8 heteroatoms. The van der Waals surface area contributed by atoms with E-state index in [0.29, 0.717) is 17.2 Å². The number of nitrogens with one attached hydrogen (secondary N) is 2. The van der Waals surface area contributed by atoms with Crippen molar-refractivity contribution < 1.29 is 13.2 Å². The fourth-order valence-corrected chi connectivity index (χ4v) is 5.42. The minimum Gasteiger partial charge on any atom is -0.317 e. The molecule has 3 rings (SSSR count). The summed E-state index contributed by atoms with van der Waals surface area (Å²) in [4.78, 5) is 14.7. The van der Waals surface area contributed by atoms with E-state index < -0.39 is 10.0 Å². The predicted molar refractivity (Wildman–Crippen MR) is 128 cm³/mol. The molecule has 2 aromatic rings. The molecule has 170 valence electrons. The van der Waals surface area contributed by atoms with Crippen LogP contribution in [-0.2, 0) is 10.0 Å². The highest BCUT2D eigenvalue weighted by molar-refractivity contribution is 7.89. The van der Waals surface area contributed by atoms with Crippen LogP contribution in [0.5, 0.6) is 0 Å². The molecule has 1 amide bonds. The number of halogens is 1. The van der Waals surface area contributed by atoms with Crippen molar-refractivity contribution in [3.05, 3.63) is 59.2 Å². The lowest BCUT2D eigenvalue weighted by molar-refractivity contribution is 0.0992. The van der Waals surface area contributed by atoms with Crippen LogP contribution in [0.2, 0.25) is 0 Å². The summed E-state index contributed by atoms with van der Waals surface area (Å²) in [6.07, 6.45) is 1.93. The molecular weight excluding hydrogens is 434 g/mol. The van der Waals surface area contributed by atoms with E-state index in [1.165, 1.54) is 0 Å². The number of benzene rings is 2. The number of carbonyl (C=O) groups excluding carboxylic acids is 1. The van der Waals surface area contributed by atoms with Crippen LogP contribution in [0.1, 0.15) is 41.3 Å². The van der Waals surface area contributed by atoms with Crippen molar-refractivity contribution in [1.29, 1.82) is 0 Å². The lowest BCUT2D eigenvalue weighted by Crippen LogP contribution is -2.42. The van der Waals surface area contributed by atoms with Crippen molar-refractivity contribution in [2.75, 3.05) is 25.0 Å². The topological polar surface area (TPSA) is 78.5 Å². The monoisotopic (exact) mass is 465 g/mol. The van der Waals surface area contributed by atoms with E-state index >= 15 is 0 Å². The largest absolute Gasteiger partial charge is 0.317 e. The maximum Gasteiger partial charge on any atom is 0.258 e. The highest BCUT2D eigenvalue weighted by Gasteiger charge is 2.26. The number of anilines is 1. The molecule has 0 aliphatic carbocycles. The lowest BCUT2D eigenvalue weighted by atomic mass is 9.92. The van der Waals surface area contributed by atoms with Gasteiger partial charge >= 0.3 is 0 Å². The van der Waals surface area contributed by atoms with E-state index in [9.17, 15) is 13.2 Å². The number of piperidine rings is 1. The maximum absolute atomic E-state index is 12.9. The summed E-state index contributed by atoms with van der Waals surface area (Å²) in [5, 5.41) is 3.30. The second kappa shape index (κ2) is 10.6. The highest BCUT2D eigenvalue weighted by Crippen LogP contribution is 2.25. The summed E-state index contributed by atoms with van der Waals surface area (Å²) in [6.45, 7) is 7.51. The van der Waals surface area contributed by atoms with Crippen LogP contribution in [0.15, 0.2) is 47.4 Å². The van der Waals surface area contributed by atoms with Gasteiger partial charge in [0.2, 0.25) is 10.0 Å². The van der Waals surface area contributed by atoms with Gasteiger partial charge in [0.25, 0.3) is 5.91 Å². The normalized spacial score (nSPS) is 15.7. The number of sulfonamides is 1. The van der Waals surface area contributed by atoms with Crippen LogP contribution in [0.3, 0.4) is 0 Å². The molecule has 0 bridgehead atoms. The number of hydrogen-bond acceptors (Lipinski definition) is 4. The van der Waals surface area contributed by atoms with Gasteiger partial charge in [-0.15, -0.1) is 12.4 Å². The molecule has 0 unspecified atom stereocenters. The van der Waals surface area contributed by atoms with Crippen LogP contribution >= 0.6 is 12.4 Å². The maximum atomic E-state index is 12.9. The third-order valence-corrected chi connectivity index (χ3v) is 7.51. The molecule has 31 heavy (non-hydrogen) atoms. The van der Waals surface area contributed by atoms with E-state index in [1.54, 1.807) is 36.2 Å². The van der Waals surface area contributed by atoms with Crippen molar-refractivity contribution in [1.82, 2.24) is 10.0 Å². The van der Waals surface area contributed by atoms with Crippen LogP contribution in [-0.4, -0.2) is 40.5 Å². The Hall–Kier alpha value is -1.93. The minimum absolute atomic E-state index is 0. The molecule has 2 aromatic carbocycles. The third-order valence-electron chi connectivity index (χ3n) is 5.95. The van der Waals surface area contributed by atoms with Crippen molar-refractivity contribution in [2.24, 2.45) is 5.92 Å². The molecule has 2 N–H and O–H groups in total. The Morgan fingerprint density at radius 1 is 1.10 bits per heavy atom. The summed E-state index contributed by atoms with van der Waals surface area (Å²) in [5.41, 5.74) is 2.96. The molecule has 1 aliphatic heterocycles. The highest BCUT2D eigenvalue weighted by atomic mass is 35.5. The molecule has 1 aliphatic rings. The lowest BCUT2D eigenvalue weighted by Gasteiger charge is -2.28. The van der Waals surface area contributed by atoms with E-state index in [1.807, 2.05) is 39.0 Å². The number of carbonyl (C=O) groups is 1. The van der Waals surface area contributed by atoms with Gasteiger partial charge in [0, 0.05) is 24.3 Å². The summed E-state index contributed by atoms with van der Waals surface area (Å²) < 4.78 is 28.7. The van der Waals surface area contributed by atoms with Crippen molar-refractivity contribution >= 4 is 34.0 Å². The average molecular weight is 466 g/mol. The van der Waals surface area contributed by atoms with Crippen LogP contribution in [0.25, 0.3) is 0 Å². The summed E-state index contributed by atoms with van der Waals surface area (Å²) >= 11 is 0. The fraction of sp³-hybridized carbons (Fsp3) is 0.435. The average Bonchev–Trinajstić information content (AvgIpc) is 2.73. The van der Waals surface area contributed by atoms with E-state index in [0.717, 1.165) is 37.1 Å². The van der Waals surface area contributed by atoms with Gasteiger partial charge in [-0.1, -0.05) is 18.2 Å². The SMILES string of the molecule is Cc1ccccc1C(=O)N(C)c1ccc(S(=O)(=O)N[C@H](C)C2CCNCC2)cc1C.Cl. The Balaban J connectivity index is 0.00000341. The van der Waals surface area contributed by atoms with Gasteiger partial charge in [-0.2, -0.15) is 0 Å². The summed E-state index contributed by atoms with van der Waals surface area (Å²) in [6, 6.07) is 12.2. The zero-order valence-electron chi connectivity index (χ0n) is 18.5. The first kappa shape index (κ1) is 25.3. The van der Waals surface area contributed by atoms with Gasteiger partial charge in [0.05, 0.1) is 4.90 Å². The van der Waals surface area contributed by atoms with Gasteiger partial charge in [-0.3, -0.25) is 4.79 Å².